The van der Waals surface area contributed by atoms with E-state index >= 15 is 0 Å². The van der Waals surface area contributed by atoms with Crippen LogP contribution in [0.5, 0.6) is 0 Å². The summed E-state index contributed by atoms with van der Waals surface area (Å²) in [6.07, 6.45) is 5.66. The van der Waals surface area contributed by atoms with Gasteiger partial charge in [0.2, 0.25) is 0 Å². The van der Waals surface area contributed by atoms with Crippen LogP contribution in [0, 0.1) is 5.82 Å². The van der Waals surface area contributed by atoms with Gasteiger partial charge in [0, 0.05) is 49.0 Å². The molecular formula is C26H30FN3O. The number of carbonyl (C=O) groups is 1. The average Bonchev–Trinajstić information content (AvgIpc) is 3.39. The number of nitrogens with one attached hydrogen (secondary N) is 1. The van der Waals surface area contributed by atoms with E-state index in [4.69, 9.17) is 0 Å². The quantitative estimate of drug-likeness (QED) is 0.574. The van der Waals surface area contributed by atoms with Crippen molar-refractivity contribution in [2.24, 2.45) is 7.05 Å². The summed E-state index contributed by atoms with van der Waals surface area (Å²) in [6.45, 7) is 6.08. The first kappa shape index (κ1) is 21.2. The Balaban J connectivity index is 1.49. The zero-order valence-corrected chi connectivity index (χ0v) is 18.5. The number of benzene rings is 2. The van der Waals surface area contributed by atoms with Crippen LogP contribution in [0.15, 0.2) is 60.9 Å². The lowest BCUT2D eigenvalue weighted by Crippen LogP contribution is -2.37. The number of allylic oxidation sites excluding steroid dienone is 1. The first-order valence-electron chi connectivity index (χ1n) is 10.9. The molecule has 2 aromatic carbocycles. The summed E-state index contributed by atoms with van der Waals surface area (Å²) in [7, 11) is 3.78. The molecule has 4 nitrogen and oxygen atoms in total. The van der Waals surface area contributed by atoms with Gasteiger partial charge in [0.25, 0.3) is 5.91 Å². The molecule has 1 N–H and O–H groups in total. The molecule has 0 radical (unpaired) electrons. The highest BCUT2D eigenvalue weighted by molar-refractivity contribution is 5.95. The predicted octanol–water partition coefficient (Wildman–Crippen LogP) is 5.49. The maximum absolute atomic E-state index is 15.0. The Morgan fingerprint density at radius 2 is 1.94 bits per heavy atom. The molecule has 5 heteroatoms. The summed E-state index contributed by atoms with van der Waals surface area (Å²) in [4.78, 5) is 14.7. The van der Waals surface area contributed by atoms with Gasteiger partial charge in [-0.05, 0) is 67.1 Å². The first-order chi connectivity index (χ1) is 14.9. The molecule has 1 aliphatic rings. The first-order valence-corrected chi connectivity index (χ1v) is 10.9. The molecule has 0 aliphatic heterocycles. The van der Waals surface area contributed by atoms with Gasteiger partial charge in [0.1, 0.15) is 5.82 Å². The highest BCUT2D eigenvalue weighted by atomic mass is 19.1. The molecular weight excluding hydrogens is 389 g/mol. The fourth-order valence-electron chi connectivity index (χ4n) is 4.52. The fraction of sp³-hybridized carbons (Fsp3) is 0.346. The van der Waals surface area contributed by atoms with Gasteiger partial charge in [-0.1, -0.05) is 25.6 Å². The SMILES string of the molecule is C=C(CC)N[C@H]1CC[C@@H](N(C)C(=O)c2ccc(-c3ccc4c(ccn4C)c3)cc2F)C1. The van der Waals surface area contributed by atoms with Crippen molar-refractivity contribution in [1.29, 1.82) is 0 Å². The van der Waals surface area contributed by atoms with Crippen LogP contribution in [-0.2, 0) is 7.05 Å². The van der Waals surface area contributed by atoms with Crippen LogP contribution in [0.2, 0.25) is 0 Å². The Kier molecular flexibility index (Phi) is 5.86. The summed E-state index contributed by atoms with van der Waals surface area (Å²) in [5.74, 6) is -0.739. The third-order valence-corrected chi connectivity index (χ3v) is 6.53. The van der Waals surface area contributed by atoms with Crippen molar-refractivity contribution in [2.45, 2.75) is 44.7 Å². The number of fused-ring (bicyclic) bond motifs is 1. The number of aromatic nitrogens is 1. The van der Waals surface area contributed by atoms with Crippen LogP contribution < -0.4 is 5.32 Å². The van der Waals surface area contributed by atoms with Crippen LogP contribution in [-0.4, -0.2) is 34.5 Å². The molecule has 1 fully saturated rings. The molecule has 1 saturated carbocycles. The van der Waals surface area contributed by atoms with E-state index in [0.29, 0.717) is 6.04 Å². The summed E-state index contributed by atoms with van der Waals surface area (Å²) in [6, 6.07) is 13.5. The van der Waals surface area contributed by atoms with E-state index in [9.17, 15) is 9.18 Å². The van der Waals surface area contributed by atoms with Gasteiger partial charge in [0.05, 0.1) is 5.56 Å². The minimum atomic E-state index is -0.477. The second kappa shape index (κ2) is 8.58. The molecule has 162 valence electrons. The zero-order valence-electron chi connectivity index (χ0n) is 18.5. The van der Waals surface area contributed by atoms with Gasteiger partial charge in [0.15, 0.2) is 0 Å². The normalized spacial score (nSPS) is 18.3. The molecule has 1 aliphatic carbocycles. The van der Waals surface area contributed by atoms with Crippen molar-refractivity contribution in [3.8, 4) is 11.1 Å². The van der Waals surface area contributed by atoms with E-state index in [2.05, 4.69) is 23.4 Å². The second-order valence-corrected chi connectivity index (χ2v) is 8.58. The number of carbonyl (C=O) groups excluding carboxylic acids is 1. The van der Waals surface area contributed by atoms with E-state index in [0.717, 1.165) is 53.4 Å². The summed E-state index contributed by atoms with van der Waals surface area (Å²) >= 11 is 0. The molecule has 0 bridgehead atoms. The largest absolute Gasteiger partial charge is 0.386 e. The van der Waals surface area contributed by atoms with E-state index < -0.39 is 5.82 Å². The van der Waals surface area contributed by atoms with E-state index in [1.807, 2.05) is 43.6 Å². The predicted molar refractivity (Wildman–Crippen MR) is 124 cm³/mol. The Hall–Kier alpha value is -3.08. The highest BCUT2D eigenvalue weighted by Gasteiger charge is 2.31. The number of amides is 1. The van der Waals surface area contributed by atoms with Crippen LogP contribution in [0.3, 0.4) is 0 Å². The monoisotopic (exact) mass is 419 g/mol. The number of halogens is 1. The highest BCUT2D eigenvalue weighted by Crippen LogP contribution is 2.29. The van der Waals surface area contributed by atoms with Crippen molar-refractivity contribution >= 4 is 16.8 Å². The summed E-state index contributed by atoms with van der Waals surface area (Å²) < 4.78 is 17.0. The van der Waals surface area contributed by atoms with Gasteiger partial charge in [-0.2, -0.15) is 0 Å². The van der Waals surface area contributed by atoms with Crippen molar-refractivity contribution in [2.75, 3.05) is 7.05 Å². The van der Waals surface area contributed by atoms with Gasteiger partial charge in [-0.25, -0.2) is 4.39 Å². The zero-order chi connectivity index (χ0) is 22.1. The van der Waals surface area contributed by atoms with Gasteiger partial charge < -0.3 is 14.8 Å². The number of hydrogen-bond donors (Lipinski definition) is 1. The lowest BCUT2D eigenvalue weighted by Gasteiger charge is -2.25. The molecule has 0 saturated heterocycles. The fourth-order valence-corrected chi connectivity index (χ4v) is 4.52. The van der Waals surface area contributed by atoms with Gasteiger partial charge in [-0.15, -0.1) is 0 Å². The van der Waals surface area contributed by atoms with E-state index in [1.54, 1.807) is 18.0 Å². The van der Waals surface area contributed by atoms with Crippen LogP contribution in [0.1, 0.15) is 43.0 Å². The third kappa shape index (κ3) is 4.22. The maximum Gasteiger partial charge on any atom is 0.256 e. The molecule has 1 heterocycles. The number of aryl methyl sites for hydroxylation is 1. The van der Waals surface area contributed by atoms with Crippen molar-refractivity contribution in [1.82, 2.24) is 14.8 Å². The minimum Gasteiger partial charge on any atom is -0.386 e. The molecule has 1 amide bonds. The lowest BCUT2D eigenvalue weighted by molar-refractivity contribution is 0.0729. The van der Waals surface area contributed by atoms with Crippen LogP contribution in [0.4, 0.5) is 4.39 Å². The lowest BCUT2D eigenvalue weighted by atomic mass is 10.0. The van der Waals surface area contributed by atoms with Crippen LogP contribution >= 0.6 is 0 Å². The minimum absolute atomic E-state index is 0.106. The summed E-state index contributed by atoms with van der Waals surface area (Å²) in [5, 5.41) is 4.54. The molecule has 4 rings (SSSR count). The Labute approximate surface area is 183 Å². The molecule has 31 heavy (non-hydrogen) atoms. The van der Waals surface area contributed by atoms with Crippen molar-refractivity contribution in [3.05, 3.63) is 72.3 Å². The number of rotatable bonds is 6. The van der Waals surface area contributed by atoms with E-state index in [-0.39, 0.29) is 17.5 Å². The Morgan fingerprint density at radius 3 is 2.68 bits per heavy atom. The van der Waals surface area contributed by atoms with Gasteiger partial charge in [-0.3, -0.25) is 4.79 Å². The van der Waals surface area contributed by atoms with E-state index in [1.165, 1.54) is 6.07 Å². The molecule has 1 aromatic heterocycles. The maximum atomic E-state index is 15.0. The average molecular weight is 420 g/mol. The number of hydrogen-bond acceptors (Lipinski definition) is 2. The molecule has 2 atom stereocenters. The molecule has 0 spiro atoms. The Morgan fingerprint density at radius 1 is 1.19 bits per heavy atom. The topological polar surface area (TPSA) is 37.3 Å². The number of nitrogens with zero attached hydrogens (tertiary/aromatic N) is 2. The van der Waals surface area contributed by atoms with Crippen molar-refractivity contribution in [3.63, 3.8) is 0 Å². The van der Waals surface area contributed by atoms with Crippen LogP contribution in [0.25, 0.3) is 22.0 Å². The summed E-state index contributed by atoms with van der Waals surface area (Å²) in [5.41, 5.74) is 3.98. The molecule has 0 unspecified atom stereocenters. The smallest absolute Gasteiger partial charge is 0.256 e. The van der Waals surface area contributed by atoms with Gasteiger partial charge >= 0.3 is 0 Å². The second-order valence-electron chi connectivity index (χ2n) is 8.58. The molecule has 3 aromatic rings. The third-order valence-electron chi connectivity index (χ3n) is 6.53. The van der Waals surface area contributed by atoms with Crippen molar-refractivity contribution < 1.29 is 9.18 Å². The Bertz CT molecular complexity index is 1130. The standard InChI is InChI=1S/C26H30FN3O/c1-5-17(2)28-21-8-9-22(16-21)30(4)26(31)23-10-6-19(15-24(23)27)18-7-11-25-20(14-18)12-13-29(25)3/h6-7,10-15,21-22,28H,2,5,8-9,16H2,1,3-4H3/t21-,22+/m0/s1.